The van der Waals surface area contributed by atoms with Gasteiger partial charge in [-0.2, -0.15) is 5.21 Å². The van der Waals surface area contributed by atoms with Gasteiger partial charge in [-0.25, -0.2) is 0 Å². The average molecular weight is 435 g/mol. The fraction of sp³-hybridized carbons (Fsp3) is 0.444. The molecule has 11 heteroatoms. The lowest BCUT2D eigenvalue weighted by molar-refractivity contribution is -0.152. The van der Waals surface area contributed by atoms with Crippen molar-refractivity contribution < 1.29 is 14.4 Å². The highest BCUT2D eigenvalue weighted by Gasteiger charge is 2.63. The van der Waals surface area contributed by atoms with E-state index in [1.807, 2.05) is 13.8 Å². The second kappa shape index (κ2) is 7.42. The minimum Gasteiger partial charge on any atom is -0.341 e. The Morgan fingerprint density at radius 1 is 1.34 bits per heavy atom. The molecule has 2 fully saturated rings. The van der Waals surface area contributed by atoms with Gasteiger partial charge in [0, 0.05) is 4.75 Å². The lowest BCUT2D eigenvalue weighted by Gasteiger charge is -2.44. The molecule has 4 atom stereocenters. The van der Waals surface area contributed by atoms with Crippen LogP contribution in [0.5, 0.6) is 0 Å². The van der Waals surface area contributed by atoms with Crippen LogP contribution in [0.3, 0.4) is 0 Å². The highest BCUT2D eigenvalue weighted by molar-refractivity contribution is 8.01. The number of hydrogen-bond donors (Lipinski definition) is 2. The van der Waals surface area contributed by atoms with Crippen LogP contribution >= 0.6 is 23.4 Å². The van der Waals surface area contributed by atoms with Gasteiger partial charge in [0.05, 0.1) is 5.88 Å². The third kappa shape index (κ3) is 3.29. The number of amides is 2. The van der Waals surface area contributed by atoms with Crippen molar-refractivity contribution in [2.75, 3.05) is 5.88 Å². The number of aromatic nitrogens is 4. The van der Waals surface area contributed by atoms with Crippen LogP contribution in [-0.2, 0) is 14.4 Å². The zero-order chi connectivity index (χ0) is 20.8. The van der Waals surface area contributed by atoms with Crippen LogP contribution in [0.2, 0.25) is 0 Å². The number of carbonyl (C=O) groups is 3. The number of thioether (sulfide) groups is 1. The van der Waals surface area contributed by atoms with Crippen molar-refractivity contribution >= 4 is 41.0 Å². The maximum Gasteiger partial charge on any atom is 0.249 e. The maximum absolute atomic E-state index is 12.9. The van der Waals surface area contributed by atoms with E-state index in [0.29, 0.717) is 11.4 Å². The fourth-order valence-electron chi connectivity index (χ4n) is 3.89. The molecular formula is C18H19ClN6O3S. The van der Waals surface area contributed by atoms with E-state index in [0.717, 1.165) is 0 Å². The second-order valence-electron chi connectivity index (χ2n) is 7.46. The van der Waals surface area contributed by atoms with Crippen molar-refractivity contribution in [2.45, 2.75) is 42.0 Å². The number of aromatic amines is 1. The lowest BCUT2D eigenvalue weighted by Crippen LogP contribution is -2.68. The molecule has 152 valence electrons. The molecule has 0 spiro atoms. The zero-order valence-corrected chi connectivity index (χ0v) is 17.3. The Hall–Kier alpha value is -2.46. The minimum atomic E-state index is -1.05. The highest BCUT2D eigenvalue weighted by Crippen LogP contribution is 2.56. The number of hydrogen-bond acceptors (Lipinski definition) is 7. The summed E-state index contributed by atoms with van der Waals surface area (Å²) in [5.74, 6) is -2.08. The van der Waals surface area contributed by atoms with Crippen LogP contribution in [0.4, 0.5) is 0 Å². The summed E-state index contributed by atoms with van der Waals surface area (Å²) in [6.45, 7) is 3.99. The monoisotopic (exact) mass is 434 g/mol. The molecule has 0 saturated carbocycles. The third-order valence-corrected chi connectivity index (χ3v) is 7.03. The van der Waals surface area contributed by atoms with Gasteiger partial charge in [-0.05, 0) is 19.4 Å². The van der Waals surface area contributed by atoms with Crippen molar-refractivity contribution in [3.8, 4) is 0 Å². The second-order valence-corrected chi connectivity index (χ2v) is 9.50. The van der Waals surface area contributed by atoms with Gasteiger partial charge in [0.2, 0.25) is 11.8 Å². The van der Waals surface area contributed by atoms with Gasteiger partial charge in [0.15, 0.2) is 11.6 Å². The first-order valence-electron chi connectivity index (χ1n) is 9.02. The molecular weight excluding hydrogens is 416 g/mol. The molecule has 2 aromatic rings. The summed E-state index contributed by atoms with van der Waals surface area (Å²) in [5.41, 5.74) is 0.545. The minimum absolute atomic E-state index is 0.235. The number of fused-ring (bicyclic) bond motifs is 1. The van der Waals surface area contributed by atoms with E-state index in [9.17, 15) is 14.4 Å². The molecule has 2 amide bonds. The van der Waals surface area contributed by atoms with Crippen molar-refractivity contribution in [3.05, 3.63) is 41.7 Å². The SMILES string of the molecule is CC1(C)S[C@H]2C(NC(=O)C(C(=O)CCl)c3ccccc3)C(=O)N2C1c1nn[nH]n1. The quantitative estimate of drug-likeness (QED) is 0.395. The van der Waals surface area contributed by atoms with Crippen molar-refractivity contribution in [3.63, 3.8) is 0 Å². The predicted molar refractivity (Wildman–Crippen MR) is 106 cm³/mol. The van der Waals surface area contributed by atoms with Crippen molar-refractivity contribution in [1.29, 1.82) is 0 Å². The third-order valence-electron chi connectivity index (χ3n) is 5.19. The van der Waals surface area contributed by atoms with Gasteiger partial charge in [-0.1, -0.05) is 35.5 Å². The number of rotatable bonds is 6. The van der Waals surface area contributed by atoms with Crippen LogP contribution in [0.1, 0.15) is 37.2 Å². The number of carbonyl (C=O) groups excluding carboxylic acids is 3. The summed E-state index contributed by atoms with van der Waals surface area (Å²) in [6.07, 6.45) is 0. The Labute approximate surface area is 175 Å². The normalized spacial score (nSPS) is 25.8. The first-order chi connectivity index (χ1) is 13.8. The lowest BCUT2D eigenvalue weighted by atomic mass is 9.92. The number of alkyl halides is 1. The topological polar surface area (TPSA) is 121 Å². The summed E-state index contributed by atoms with van der Waals surface area (Å²) in [4.78, 5) is 39.8. The number of β-lactam (4-membered cyclic amide) rings is 1. The molecule has 0 bridgehead atoms. The number of benzene rings is 1. The van der Waals surface area contributed by atoms with Gasteiger partial charge >= 0.3 is 0 Å². The fourth-order valence-corrected chi connectivity index (χ4v) is 5.68. The van der Waals surface area contributed by atoms with Crippen LogP contribution in [0.25, 0.3) is 0 Å². The van der Waals surface area contributed by atoms with Gasteiger partial charge in [0.1, 0.15) is 23.4 Å². The number of halogens is 1. The summed E-state index contributed by atoms with van der Waals surface area (Å²) in [5, 5.41) is 16.6. The van der Waals surface area contributed by atoms with Gasteiger partial charge in [-0.3, -0.25) is 14.4 Å². The number of Topliss-reactive ketones (excluding diaryl/α,β-unsaturated/α-hetero) is 1. The van der Waals surface area contributed by atoms with E-state index in [2.05, 4.69) is 25.9 Å². The molecule has 2 aliphatic heterocycles. The summed E-state index contributed by atoms with van der Waals surface area (Å²) < 4.78 is -0.367. The molecule has 0 aliphatic carbocycles. The number of nitrogens with one attached hydrogen (secondary N) is 2. The smallest absolute Gasteiger partial charge is 0.249 e. The Kier molecular flexibility index (Phi) is 5.07. The molecule has 2 aliphatic rings. The van der Waals surface area contributed by atoms with E-state index in [1.165, 1.54) is 0 Å². The standard InChI is InChI=1S/C18H19ClN6O3S/c1-18(2)13(14-21-23-24-22-14)25-16(28)12(17(25)29-18)20-15(27)11(10(26)8-19)9-6-4-3-5-7-9/h3-7,11-13,17H,8H2,1-2H3,(H,20,27)(H,21,22,23,24)/t11?,12?,13?,17-/m0/s1. The Bertz CT molecular complexity index is 938. The van der Waals surface area contributed by atoms with Crippen LogP contribution in [0, 0.1) is 0 Å². The number of H-pyrrole nitrogens is 1. The Morgan fingerprint density at radius 3 is 2.69 bits per heavy atom. The maximum atomic E-state index is 12.9. The Morgan fingerprint density at radius 2 is 2.07 bits per heavy atom. The molecule has 2 saturated heterocycles. The largest absolute Gasteiger partial charge is 0.341 e. The number of ketones is 1. The molecule has 3 unspecified atom stereocenters. The van der Waals surface area contributed by atoms with Gasteiger partial charge in [0.25, 0.3) is 0 Å². The molecule has 3 heterocycles. The van der Waals surface area contributed by atoms with E-state index >= 15 is 0 Å². The molecule has 2 N–H and O–H groups in total. The zero-order valence-electron chi connectivity index (χ0n) is 15.7. The van der Waals surface area contributed by atoms with E-state index in [4.69, 9.17) is 11.6 Å². The number of nitrogens with zero attached hydrogens (tertiary/aromatic N) is 4. The van der Waals surface area contributed by atoms with Crippen molar-refractivity contribution in [2.24, 2.45) is 0 Å². The molecule has 29 heavy (non-hydrogen) atoms. The molecule has 9 nitrogen and oxygen atoms in total. The highest BCUT2D eigenvalue weighted by atomic mass is 35.5. The average Bonchev–Trinajstić information content (AvgIpc) is 3.31. The van der Waals surface area contributed by atoms with Crippen LogP contribution < -0.4 is 5.32 Å². The van der Waals surface area contributed by atoms with Crippen LogP contribution in [0.15, 0.2) is 30.3 Å². The van der Waals surface area contributed by atoms with E-state index < -0.39 is 23.7 Å². The van der Waals surface area contributed by atoms with Gasteiger partial charge < -0.3 is 10.2 Å². The molecule has 4 rings (SSSR count). The Balaban J connectivity index is 1.54. The summed E-state index contributed by atoms with van der Waals surface area (Å²) >= 11 is 7.28. The molecule has 1 aromatic heterocycles. The molecule has 0 radical (unpaired) electrons. The number of tetrazole rings is 1. The van der Waals surface area contributed by atoms with E-state index in [1.54, 1.807) is 47.0 Å². The first-order valence-corrected chi connectivity index (χ1v) is 10.4. The van der Waals surface area contributed by atoms with Gasteiger partial charge in [-0.15, -0.1) is 33.6 Å². The molecule has 1 aromatic carbocycles. The summed E-state index contributed by atoms with van der Waals surface area (Å²) in [6, 6.07) is 7.61. The van der Waals surface area contributed by atoms with Crippen molar-refractivity contribution in [1.82, 2.24) is 30.8 Å². The van der Waals surface area contributed by atoms with E-state index in [-0.39, 0.29) is 27.9 Å². The van der Waals surface area contributed by atoms with Crippen LogP contribution in [-0.4, -0.2) is 65.2 Å². The summed E-state index contributed by atoms with van der Waals surface area (Å²) in [7, 11) is 0. The predicted octanol–water partition coefficient (Wildman–Crippen LogP) is 1.01. The first kappa shape index (κ1) is 19.8.